The van der Waals surface area contributed by atoms with Gasteiger partial charge in [-0.3, -0.25) is 19.7 Å². The molecule has 3 rings (SSSR count). The minimum atomic E-state index is -0.868. The van der Waals surface area contributed by atoms with Gasteiger partial charge in [0.2, 0.25) is 0 Å². The van der Waals surface area contributed by atoms with E-state index in [1.54, 1.807) is 30.3 Å². The number of esters is 1. The number of halogens is 1. The van der Waals surface area contributed by atoms with Crippen molar-refractivity contribution in [2.24, 2.45) is 0 Å². The van der Waals surface area contributed by atoms with Gasteiger partial charge in [0.15, 0.2) is 0 Å². The van der Waals surface area contributed by atoms with Gasteiger partial charge in [0, 0.05) is 30.3 Å². The van der Waals surface area contributed by atoms with Crippen molar-refractivity contribution in [1.82, 2.24) is 10.2 Å². The van der Waals surface area contributed by atoms with Gasteiger partial charge in [-0.2, -0.15) is 0 Å². The molecule has 0 unspecified atom stereocenters. The fourth-order valence-corrected chi connectivity index (χ4v) is 3.54. The molecule has 1 fully saturated rings. The number of amides is 2. The van der Waals surface area contributed by atoms with E-state index >= 15 is 0 Å². The monoisotopic (exact) mass is 445 g/mol. The predicted molar refractivity (Wildman–Crippen MR) is 112 cm³/mol. The van der Waals surface area contributed by atoms with E-state index in [-0.39, 0.29) is 37.2 Å². The van der Waals surface area contributed by atoms with Crippen LogP contribution in [0, 0.1) is 10.1 Å². The summed E-state index contributed by atoms with van der Waals surface area (Å²) in [6, 6.07) is 13.1. The van der Waals surface area contributed by atoms with E-state index in [0.717, 1.165) is 0 Å². The van der Waals surface area contributed by atoms with E-state index in [2.05, 4.69) is 5.32 Å². The van der Waals surface area contributed by atoms with Crippen LogP contribution in [0.15, 0.2) is 54.6 Å². The second-order valence-corrected chi connectivity index (χ2v) is 7.39. The number of nitro groups is 1. The molecule has 1 heterocycles. The molecule has 1 saturated heterocycles. The summed E-state index contributed by atoms with van der Waals surface area (Å²) in [6.45, 7) is -0.00990. The number of nitrogens with one attached hydrogen (secondary N) is 1. The zero-order valence-corrected chi connectivity index (χ0v) is 17.2. The van der Waals surface area contributed by atoms with E-state index in [0.29, 0.717) is 17.5 Å². The zero-order valence-electron chi connectivity index (χ0n) is 16.4. The number of hydrogen-bond donors (Lipinski definition) is 1. The van der Waals surface area contributed by atoms with Gasteiger partial charge in [0.25, 0.3) is 11.6 Å². The SMILES string of the molecule is O=C(N[C@@H]1CC[C@@H](C(=O)OCc2ccc([N+](=O)[O-])cc2)N(C(=O)Cl)C1)c1ccccc1. The van der Waals surface area contributed by atoms with Crippen LogP contribution in [0.4, 0.5) is 10.5 Å². The molecular formula is C21H20ClN3O6. The van der Waals surface area contributed by atoms with Crippen molar-refractivity contribution < 1.29 is 24.0 Å². The lowest BCUT2D eigenvalue weighted by atomic mass is 9.98. The van der Waals surface area contributed by atoms with Crippen LogP contribution in [0.25, 0.3) is 0 Å². The summed E-state index contributed by atoms with van der Waals surface area (Å²) in [5, 5.41) is 12.7. The summed E-state index contributed by atoms with van der Waals surface area (Å²) < 4.78 is 5.29. The molecule has 0 spiro atoms. The van der Waals surface area contributed by atoms with Crippen molar-refractivity contribution in [1.29, 1.82) is 0 Å². The van der Waals surface area contributed by atoms with Gasteiger partial charge in [0.1, 0.15) is 12.6 Å². The summed E-state index contributed by atoms with van der Waals surface area (Å²) in [5.41, 5.74) is 1.01. The molecule has 2 atom stereocenters. The molecule has 0 bridgehead atoms. The summed E-state index contributed by atoms with van der Waals surface area (Å²) in [7, 11) is 0. The third kappa shape index (κ3) is 5.79. The highest BCUT2D eigenvalue weighted by Gasteiger charge is 2.37. The minimum Gasteiger partial charge on any atom is -0.459 e. The van der Waals surface area contributed by atoms with Crippen LogP contribution >= 0.6 is 11.6 Å². The van der Waals surface area contributed by atoms with Crippen LogP contribution in [0.2, 0.25) is 0 Å². The van der Waals surface area contributed by atoms with Crippen LogP contribution in [0.1, 0.15) is 28.8 Å². The maximum atomic E-state index is 12.5. The second kappa shape index (κ2) is 10.0. The molecule has 0 aromatic heterocycles. The molecule has 2 aromatic rings. The highest BCUT2D eigenvalue weighted by atomic mass is 35.5. The van der Waals surface area contributed by atoms with Crippen molar-refractivity contribution in [2.45, 2.75) is 31.5 Å². The summed E-state index contributed by atoms with van der Waals surface area (Å²) >= 11 is 5.68. The quantitative estimate of drug-likeness (QED) is 0.239. The average Bonchev–Trinajstić information content (AvgIpc) is 2.78. The lowest BCUT2D eigenvalue weighted by Crippen LogP contribution is -2.55. The van der Waals surface area contributed by atoms with Gasteiger partial charge in [-0.15, -0.1) is 0 Å². The number of carbonyl (C=O) groups excluding carboxylic acids is 3. The number of piperidine rings is 1. The zero-order chi connectivity index (χ0) is 22.4. The first kappa shape index (κ1) is 22.2. The van der Waals surface area contributed by atoms with Crippen molar-refractivity contribution in [3.63, 3.8) is 0 Å². The number of likely N-dealkylation sites (tertiary alicyclic amines) is 1. The van der Waals surface area contributed by atoms with E-state index in [9.17, 15) is 24.5 Å². The van der Waals surface area contributed by atoms with Crippen LogP contribution in [-0.2, 0) is 16.1 Å². The van der Waals surface area contributed by atoms with Crippen LogP contribution in [0.3, 0.4) is 0 Å². The lowest BCUT2D eigenvalue weighted by Gasteiger charge is -2.37. The van der Waals surface area contributed by atoms with Gasteiger partial charge >= 0.3 is 11.3 Å². The molecule has 1 aliphatic heterocycles. The molecule has 0 radical (unpaired) electrons. The Morgan fingerprint density at radius 3 is 2.39 bits per heavy atom. The smallest absolute Gasteiger partial charge is 0.329 e. The molecule has 9 nitrogen and oxygen atoms in total. The Morgan fingerprint density at radius 1 is 1.10 bits per heavy atom. The number of nitrogens with zero attached hydrogens (tertiary/aromatic N) is 2. The number of benzene rings is 2. The first-order chi connectivity index (χ1) is 14.8. The minimum absolute atomic E-state index is 0.0649. The molecule has 1 N–H and O–H groups in total. The van der Waals surface area contributed by atoms with Crippen LogP contribution < -0.4 is 5.32 Å². The summed E-state index contributed by atoms with van der Waals surface area (Å²) in [6.07, 6.45) is 0.744. The molecular weight excluding hydrogens is 426 g/mol. The predicted octanol–water partition coefficient (Wildman–Crippen LogP) is 3.26. The normalized spacial score (nSPS) is 18.2. The molecule has 10 heteroatoms. The molecule has 2 aromatic carbocycles. The van der Waals surface area contributed by atoms with Gasteiger partial charge < -0.3 is 15.0 Å². The number of carbonyl (C=O) groups is 3. The fraction of sp³-hybridized carbons (Fsp3) is 0.286. The number of non-ortho nitro benzene ring substituents is 1. The number of nitro benzene ring substituents is 1. The Kier molecular flexibility index (Phi) is 7.19. The van der Waals surface area contributed by atoms with Gasteiger partial charge in [-0.25, -0.2) is 4.79 Å². The van der Waals surface area contributed by atoms with Crippen molar-refractivity contribution >= 4 is 34.5 Å². The highest BCUT2D eigenvalue weighted by molar-refractivity contribution is 6.63. The van der Waals surface area contributed by atoms with Gasteiger partial charge in [-0.05, 0) is 54.3 Å². The van der Waals surface area contributed by atoms with Gasteiger partial charge in [0.05, 0.1) is 4.92 Å². The Morgan fingerprint density at radius 2 is 1.77 bits per heavy atom. The number of ether oxygens (including phenoxy) is 1. The molecule has 0 saturated carbocycles. The molecule has 1 aliphatic rings. The summed E-state index contributed by atoms with van der Waals surface area (Å²) in [4.78, 5) is 48.2. The topological polar surface area (TPSA) is 119 Å². The fourth-order valence-electron chi connectivity index (χ4n) is 3.35. The average molecular weight is 446 g/mol. The van der Waals surface area contributed by atoms with Crippen LogP contribution in [-0.4, -0.2) is 45.7 Å². The maximum absolute atomic E-state index is 12.5. The lowest BCUT2D eigenvalue weighted by molar-refractivity contribution is -0.384. The Hall–Kier alpha value is -3.46. The Balaban J connectivity index is 1.57. The van der Waals surface area contributed by atoms with E-state index in [1.165, 1.54) is 29.2 Å². The second-order valence-electron chi connectivity index (χ2n) is 7.07. The third-order valence-corrected chi connectivity index (χ3v) is 5.20. The summed E-state index contributed by atoms with van der Waals surface area (Å²) in [5.74, 6) is -0.896. The van der Waals surface area contributed by atoms with Crippen LogP contribution in [0.5, 0.6) is 0 Å². The van der Waals surface area contributed by atoms with E-state index < -0.39 is 22.3 Å². The Labute approximate surface area is 183 Å². The maximum Gasteiger partial charge on any atom is 0.329 e. The molecule has 162 valence electrons. The standard InChI is InChI=1S/C21H20ClN3O6/c22-21(28)24-12-16(23-19(26)15-4-2-1-3-5-15)8-11-18(24)20(27)31-13-14-6-9-17(10-7-14)25(29)30/h1-7,9-10,16,18H,8,11-13H2,(H,23,26)/t16-,18+/m1/s1. The Bertz CT molecular complexity index is 967. The molecule has 31 heavy (non-hydrogen) atoms. The number of rotatable bonds is 6. The first-order valence-electron chi connectivity index (χ1n) is 9.57. The highest BCUT2D eigenvalue weighted by Crippen LogP contribution is 2.22. The van der Waals surface area contributed by atoms with E-state index in [4.69, 9.17) is 16.3 Å². The van der Waals surface area contributed by atoms with E-state index in [1.807, 2.05) is 0 Å². The largest absolute Gasteiger partial charge is 0.459 e. The molecule has 2 amide bonds. The van der Waals surface area contributed by atoms with Gasteiger partial charge in [-0.1, -0.05) is 18.2 Å². The number of hydrogen-bond acceptors (Lipinski definition) is 6. The van der Waals surface area contributed by atoms with Crippen molar-refractivity contribution in [2.75, 3.05) is 6.54 Å². The molecule has 0 aliphatic carbocycles. The first-order valence-corrected chi connectivity index (χ1v) is 9.95. The van der Waals surface area contributed by atoms with Crippen molar-refractivity contribution in [3.8, 4) is 0 Å². The van der Waals surface area contributed by atoms with Crippen molar-refractivity contribution in [3.05, 3.63) is 75.8 Å². The third-order valence-electron chi connectivity index (χ3n) is 4.98.